The minimum absolute atomic E-state index is 0.0845. The van der Waals surface area contributed by atoms with Crippen molar-refractivity contribution in [3.63, 3.8) is 0 Å². The fourth-order valence-corrected chi connectivity index (χ4v) is 3.65. The van der Waals surface area contributed by atoms with Crippen LogP contribution in [0.1, 0.15) is 48.7 Å². The van der Waals surface area contributed by atoms with Gasteiger partial charge >= 0.3 is 5.97 Å². The van der Waals surface area contributed by atoms with Gasteiger partial charge in [-0.15, -0.1) is 0 Å². The lowest BCUT2D eigenvalue weighted by molar-refractivity contribution is -0.145. The second kappa shape index (κ2) is 8.59. The molecule has 29 heavy (non-hydrogen) atoms. The van der Waals surface area contributed by atoms with Crippen LogP contribution in [0, 0.1) is 5.92 Å². The van der Waals surface area contributed by atoms with Crippen molar-refractivity contribution in [2.24, 2.45) is 5.92 Å². The number of carbonyl (C=O) groups excluding carboxylic acids is 2. The Labute approximate surface area is 170 Å². The number of hydrogen-bond donors (Lipinski definition) is 1. The summed E-state index contributed by atoms with van der Waals surface area (Å²) in [4.78, 5) is 44.7. The van der Waals surface area contributed by atoms with Gasteiger partial charge in [0.2, 0.25) is 5.91 Å². The second-order valence-electron chi connectivity index (χ2n) is 7.94. The van der Waals surface area contributed by atoms with Crippen molar-refractivity contribution in [1.29, 1.82) is 0 Å². The fourth-order valence-electron chi connectivity index (χ4n) is 3.65. The smallest absolute Gasteiger partial charge is 0.308 e. The fraction of sp³-hybridized carbons (Fsp3) is 0.455. The number of amides is 2. The van der Waals surface area contributed by atoms with E-state index in [1.165, 1.54) is 4.90 Å². The Morgan fingerprint density at radius 2 is 2.00 bits per heavy atom. The average Bonchev–Trinajstić information content (AvgIpc) is 2.72. The van der Waals surface area contributed by atoms with Crippen molar-refractivity contribution in [2.45, 2.75) is 32.6 Å². The molecule has 0 spiro atoms. The summed E-state index contributed by atoms with van der Waals surface area (Å²) in [5, 5.41) is 9.97. The number of likely N-dealkylation sites (N-methyl/N-ethyl adjacent to an activating group) is 1. The number of aromatic nitrogens is 1. The summed E-state index contributed by atoms with van der Waals surface area (Å²) < 4.78 is 0. The number of carboxylic acid groups (broad SMARTS) is 1. The van der Waals surface area contributed by atoms with E-state index in [4.69, 9.17) is 0 Å². The normalized spacial score (nSPS) is 16.8. The summed E-state index contributed by atoms with van der Waals surface area (Å²) >= 11 is 0. The highest BCUT2D eigenvalue weighted by atomic mass is 16.4. The van der Waals surface area contributed by atoms with Gasteiger partial charge in [0.1, 0.15) is 0 Å². The summed E-state index contributed by atoms with van der Waals surface area (Å²) in [5.41, 5.74) is 2.10. The third kappa shape index (κ3) is 4.55. The number of carbonyl (C=O) groups is 3. The quantitative estimate of drug-likeness (QED) is 0.838. The molecule has 0 radical (unpaired) electrons. The van der Waals surface area contributed by atoms with E-state index in [0.29, 0.717) is 24.9 Å². The number of hydrogen-bond acceptors (Lipinski definition) is 4. The summed E-state index contributed by atoms with van der Waals surface area (Å²) in [6, 6.07) is 9.29. The Kier molecular flexibility index (Phi) is 6.15. The highest BCUT2D eigenvalue weighted by molar-refractivity contribution is 6.07. The molecule has 7 nitrogen and oxygen atoms in total. The SMILES string of the molecule is CC(C)c1cc(C(=O)N(C)CC(=O)N2CCCC(C(=O)O)C2)c2ccccc2n1. The molecule has 2 amide bonds. The van der Waals surface area contributed by atoms with Crippen LogP contribution in [-0.4, -0.2) is 64.4 Å². The molecule has 154 valence electrons. The number of rotatable bonds is 5. The molecule has 7 heteroatoms. The predicted octanol–water partition coefficient (Wildman–Crippen LogP) is 2.75. The van der Waals surface area contributed by atoms with Crippen molar-refractivity contribution < 1.29 is 19.5 Å². The van der Waals surface area contributed by atoms with Gasteiger partial charge in [-0.05, 0) is 30.9 Å². The molecule has 0 bridgehead atoms. The van der Waals surface area contributed by atoms with Crippen molar-refractivity contribution in [1.82, 2.24) is 14.8 Å². The summed E-state index contributed by atoms with van der Waals surface area (Å²) in [6.45, 7) is 4.69. The number of piperidine rings is 1. The van der Waals surface area contributed by atoms with Gasteiger partial charge in [0.15, 0.2) is 0 Å². The van der Waals surface area contributed by atoms with E-state index in [0.717, 1.165) is 16.6 Å². The minimum atomic E-state index is -0.878. The third-order valence-electron chi connectivity index (χ3n) is 5.40. The van der Waals surface area contributed by atoms with Crippen LogP contribution in [0.15, 0.2) is 30.3 Å². The van der Waals surface area contributed by atoms with Crippen LogP contribution in [0.25, 0.3) is 10.9 Å². The van der Waals surface area contributed by atoms with Gasteiger partial charge < -0.3 is 14.9 Å². The molecule has 3 rings (SSSR count). The molecule has 1 unspecified atom stereocenters. The average molecular weight is 397 g/mol. The molecule has 1 saturated heterocycles. The van der Waals surface area contributed by atoms with Crippen molar-refractivity contribution in [2.75, 3.05) is 26.7 Å². The first kappa shape index (κ1) is 20.8. The highest BCUT2D eigenvalue weighted by Gasteiger charge is 2.29. The van der Waals surface area contributed by atoms with Crippen molar-refractivity contribution >= 4 is 28.7 Å². The molecule has 1 atom stereocenters. The molecular formula is C22H27N3O4. The molecular weight excluding hydrogens is 370 g/mol. The number of pyridine rings is 1. The van der Waals surface area contributed by atoms with E-state index in [1.54, 1.807) is 18.0 Å². The largest absolute Gasteiger partial charge is 0.481 e. The van der Waals surface area contributed by atoms with E-state index in [1.807, 2.05) is 38.1 Å². The maximum atomic E-state index is 13.2. The van der Waals surface area contributed by atoms with Crippen LogP contribution >= 0.6 is 0 Å². The van der Waals surface area contributed by atoms with E-state index < -0.39 is 11.9 Å². The molecule has 1 fully saturated rings. The van der Waals surface area contributed by atoms with Crippen molar-refractivity contribution in [3.8, 4) is 0 Å². The first-order valence-corrected chi connectivity index (χ1v) is 9.93. The number of fused-ring (bicyclic) bond motifs is 1. The first-order valence-electron chi connectivity index (χ1n) is 9.93. The Morgan fingerprint density at radius 1 is 1.28 bits per heavy atom. The minimum Gasteiger partial charge on any atom is -0.481 e. The standard InChI is InChI=1S/C22H27N3O4/c1-14(2)19-11-17(16-8-4-5-9-18(16)23-19)21(27)24(3)13-20(26)25-10-6-7-15(12-25)22(28)29/h4-5,8-9,11,14-15H,6-7,10,12-13H2,1-3H3,(H,28,29). The van der Waals surface area contributed by atoms with Crippen LogP contribution in [0.2, 0.25) is 0 Å². The van der Waals surface area contributed by atoms with Gasteiger partial charge in [0.05, 0.1) is 23.5 Å². The molecule has 1 aromatic heterocycles. The monoisotopic (exact) mass is 397 g/mol. The molecule has 0 saturated carbocycles. The van der Waals surface area contributed by atoms with Crippen LogP contribution in [-0.2, 0) is 9.59 Å². The Hall–Kier alpha value is -2.96. The maximum Gasteiger partial charge on any atom is 0.308 e. The summed E-state index contributed by atoms with van der Waals surface area (Å²) in [6.07, 6.45) is 1.24. The number of aliphatic carboxylic acids is 1. The van der Waals surface area contributed by atoms with E-state index in [2.05, 4.69) is 4.98 Å². The predicted molar refractivity (Wildman–Crippen MR) is 110 cm³/mol. The lowest BCUT2D eigenvalue weighted by Crippen LogP contribution is -2.46. The van der Waals surface area contributed by atoms with Gasteiger partial charge in [0, 0.05) is 31.2 Å². The molecule has 1 aromatic carbocycles. The van der Waals surface area contributed by atoms with Crippen LogP contribution < -0.4 is 0 Å². The van der Waals surface area contributed by atoms with Gasteiger partial charge in [-0.2, -0.15) is 0 Å². The molecule has 1 aliphatic heterocycles. The molecule has 1 aliphatic rings. The molecule has 2 aromatic rings. The van der Waals surface area contributed by atoms with Crippen LogP contribution in [0.5, 0.6) is 0 Å². The number of para-hydroxylation sites is 1. The zero-order chi connectivity index (χ0) is 21.1. The summed E-state index contributed by atoms with van der Waals surface area (Å²) in [7, 11) is 1.60. The zero-order valence-electron chi connectivity index (χ0n) is 17.1. The van der Waals surface area contributed by atoms with Gasteiger partial charge in [-0.1, -0.05) is 32.0 Å². The van der Waals surface area contributed by atoms with E-state index in [9.17, 15) is 19.5 Å². The maximum absolute atomic E-state index is 13.2. The number of carboxylic acids is 1. The number of nitrogens with zero attached hydrogens (tertiary/aromatic N) is 3. The second-order valence-corrected chi connectivity index (χ2v) is 7.94. The Balaban J connectivity index is 1.80. The van der Waals surface area contributed by atoms with Gasteiger partial charge in [-0.25, -0.2) is 0 Å². The zero-order valence-corrected chi connectivity index (χ0v) is 17.1. The van der Waals surface area contributed by atoms with E-state index in [-0.39, 0.29) is 30.8 Å². The Bertz CT molecular complexity index is 941. The Morgan fingerprint density at radius 3 is 2.69 bits per heavy atom. The van der Waals surface area contributed by atoms with Crippen molar-refractivity contribution in [3.05, 3.63) is 41.6 Å². The first-order chi connectivity index (χ1) is 13.8. The van der Waals surface area contributed by atoms with Gasteiger partial charge in [0.25, 0.3) is 5.91 Å². The lowest BCUT2D eigenvalue weighted by Gasteiger charge is -2.32. The van der Waals surface area contributed by atoms with Crippen LogP contribution in [0.4, 0.5) is 0 Å². The van der Waals surface area contributed by atoms with E-state index >= 15 is 0 Å². The third-order valence-corrected chi connectivity index (χ3v) is 5.40. The van der Waals surface area contributed by atoms with Gasteiger partial charge in [-0.3, -0.25) is 19.4 Å². The molecule has 2 heterocycles. The summed E-state index contributed by atoms with van der Waals surface area (Å²) in [5.74, 6) is -1.72. The lowest BCUT2D eigenvalue weighted by atomic mass is 9.98. The number of likely N-dealkylation sites (tertiary alicyclic amines) is 1. The van der Waals surface area contributed by atoms with Crippen LogP contribution in [0.3, 0.4) is 0 Å². The molecule has 0 aliphatic carbocycles. The highest BCUT2D eigenvalue weighted by Crippen LogP contribution is 2.24. The number of benzene rings is 1. The molecule has 1 N–H and O–H groups in total. The topological polar surface area (TPSA) is 90.8 Å².